The van der Waals surface area contributed by atoms with Crippen molar-refractivity contribution in [2.75, 3.05) is 6.61 Å². The standard InChI is InChI=1S/C16H22N4O2/c1-16(2,3)13-9(4-5-21-13)14-19-15(22-20-14)11-6-10(11)12-7-17-8-18-12/h7-11,13H,4-6H2,1-3H3,(H,17,18)/t9-,10-,11-,13-/m1/s1. The van der Waals surface area contributed by atoms with Crippen LogP contribution in [0, 0.1) is 5.41 Å². The molecule has 2 aliphatic rings. The monoisotopic (exact) mass is 302 g/mol. The number of aromatic nitrogens is 4. The van der Waals surface area contributed by atoms with Crippen LogP contribution in [-0.4, -0.2) is 32.8 Å². The number of nitrogens with one attached hydrogen (secondary N) is 1. The van der Waals surface area contributed by atoms with Gasteiger partial charge in [0.15, 0.2) is 5.82 Å². The summed E-state index contributed by atoms with van der Waals surface area (Å²) in [4.78, 5) is 11.9. The molecule has 4 atom stereocenters. The van der Waals surface area contributed by atoms with Gasteiger partial charge in [0.25, 0.3) is 0 Å². The van der Waals surface area contributed by atoms with Crippen molar-refractivity contribution in [2.45, 2.75) is 57.5 Å². The predicted molar refractivity (Wildman–Crippen MR) is 79.5 cm³/mol. The van der Waals surface area contributed by atoms with E-state index in [2.05, 4.69) is 40.9 Å². The Morgan fingerprint density at radius 3 is 2.82 bits per heavy atom. The fourth-order valence-corrected chi connectivity index (χ4v) is 3.54. The normalized spacial score (nSPS) is 31.6. The molecule has 0 bridgehead atoms. The van der Waals surface area contributed by atoms with Crippen LogP contribution in [0.5, 0.6) is 0 Å². The Labute approximate surface area is 129 Å². The van der Waals surface area contributed by atoms with Gasteiger partial charge >= 0.3 is 0 Å². The Bertz CT molecular complexity index is 643. The summed E-state index contributed by atoms with van der Waals surface area (Å²) in [6.07, 6.45) is 5.76. The quantitative estimate of drug-likeness (QED) is 0.943. The molecule has 1 aliphatic carbocycles. The second kappa shape index (κ2) is 4.91. The first kappa shape index (κ1) is 13.9. The van der Waals surface area contributed by atoms with E-state index in [0.29, 0.717) is 11.8 Å². The van der Waals surface area contributed by atoms with Gasteiger partial charge in [-0.1, -0.05) is 25.9 Å². The minimum absolute atomic E-state index is 0.0833. The highest BCUT2D eigenvalue weighted by molar-refractivity contribution is 5.23. The van der Waals surface area contributed by atoms with Crippen molar-refractivity contribution in [3.05, 3.63) is 29.9 Å². The van der Waals surface area contributed by atoms with Crippen LogP contribution in [0.15, 0.2) is 17.0 Å². The molecule has 0 unspecified atom stereocenters. The average molecular weight is 302 g/mol. The Morgan fingerprint density at radius 2 is 2.09 bits per heavy atom. The minimum atomic E-state index is 0.0833. The van der Waals surface area contributed by atoms with Crippen LogP contribution in [0.3, 0.4) is 0 Å². The minimum Gasteiger partial charge on any atom is -0.377 e. The maximum absolute atomic E-state index is 5.91. The predicted octanol–water partition coefficient (Wildman–Crippen LogP) is 2.98. The van der Waals surface area contributed by atoms with E-state index >= 15 is 0 Å². The summed E-state index contributed by atoms with van der Waals surface area (Å²) in [5.74, 6) is 2.57. The first-order valence-corrected chi connectivity index (χ1v) is 7.97. The van der Waals surface area contributed by atoms with Gasteiger partial charge < -0.3 is 14.2 Å². The summed E-state index contributed by atoms with van der Waals surface area (Å²) in [5, 5.41) is 4.25. The van der Waals surface area contributed by atoms with Gasteiger partial charge in [0.1, 0.15) is 0 Å². The molecule has 0 amide bonds. The van der Waals surface area contributed by atoms with E-state index in [-0.39, 0.29) is 17.4 Å². The third kappa shape index (κ3) is 2.35. The molecule has 1 saturated carbocycles. The van der Waals surface area contributed by atoms with E-state index in [4.69, 9.17) is 9.26 Å². The molecule has 0 radical (unpaired) electrons. The Balaban J connectivity index is 1.51. The highest BCUT2D eigenvalue weighted by atomic mass is 16.5. The van der Waals surface area contributed by atoms with Crippen molar-refractivity contribution < 1.29 is 9.26 Å². The summed E-state index contributed by atoms with van der Waals surface area (Å²) in [6, 6.07) is 0. The molecular weight excluding hydrogens is 280 g/mol. The second-order valence-corrected chi connectivity index (χ2v) is 7.50. The number of rotatable bonds is 3. The third-order valence-corrected chi connectivity index (χ3v) is 4.76. The van der Waals surface area contributed by atoms with Gasteiger partial charge in [-0.2, -0.15) is 4.98 Å². The number of hydrogen-bond acceptors (Lipinski definition) is 5. The third-order valence-electron chi connectivity index (χ3n) is 4.76. The number of aromatic amines is 1. The molecule has 22 heavy (non-hydrogen) atoms. The Hall–Kier alpha value is -1.69. The molecular formula is C16H22N4O2. The number of ether oxygens (including phenoxy) is 1. The molecule has 1 aliphatic heterocycles. The first-order chi connectivity index (χ1) is 10.5. The lowest BCUT2D eigenvalue weighted by atomic mass is 9.81. The van der Waals surface area contributed by atoms with E-state index in [1.807, 2.05) is 6.20 Å². The molecule has 2 fully saturated rings. The van der Waals surface area contributed by atoms with Crippen LogP contribution >= 0.6 is 0 Å². The van der Waals surface area contributed by atoms with Crippen LogP contribution < -0.4 is 0 Å². The van der Waals surface area contributed by atoms with Gasteiger partial charge in [0, 0.05) is 30.3 Å². The van der Waals surface area contributed by atoms with Crippen LogP contribution in [0.1, 0.15) is 68.8 Å². The summed E-state index contributed by atoms with van der Waals surface area (Å²) >= 11 is 0. The highest BCUT2D eigenvalue weighted by Crippen LogP contribution is 2.53. The molecule has 6 nitrogen and oxygen atoms in total. The zero-order valence-electron chi connectivity index (χ0n) is 13.2. The topological polar surface area (TPSA) is 76.8 Å². The van der Waals surface area contributed by atoms with Gasteiger partial charge in [0.05, 0.1) is 18.3 Å². The second-order valence-electron chi connectivity index (χ2n) is 7.50. The van der Waals surface area contributed by atoms with E-state index in [1.165, 1.54) is 0 Å². The largest absolute Gasteiger partial charge is 0.377 e. The molecule has 1 saturated heterocycles. The molecule has 2 aromatic heterocycles. The summed E-state index contributed by atoms with van der Waals surface area (Å²) in [7, 11) is 0. The maximum atomic E-state index is 5.91. The fourth-order valence-electron chi connectivity index (χ4n) is 3.54. The zero-order chi connectivity index (χ0) is 15.3. The molecule has 2 aromatic rings. The molecule has 3 heterocycles. The lowest BCUT2D eigenvalue weighted by Gasteiger charge is -2.29. The molecule has 6 heteroatoms. The smallest absolute Gasteiger partial charge is 0.230 e. The van der Waals surface area contributed by atoms with E-state index < -0.39 is 0 Å². The molecule has 0 spiro atoms. The number of nitrogens with zero attached hydrogens (tertiary/aromatic N) is 3. The highest BCUT2D eigenvalue weighted by Gasteiger charge is 2.46. The summed E-state index contributed by atoms with van der Waals surface area (Å²) in [6.45, 7) is 7.38. The molecule has 4 rings (SSSR count). The van der Waals surface area contributed by atoms with E-state index in [9.17, 15) is 0 Å². The first-order valence-electron chi connectivity index (χ1n) is 7.97. The van der Waals surface area contributed by atoms with E-state index in [0.717, 1.165) is 36.9 Å². The van der Waals surface area contributed by atoms with Crippen molar-refractivity contribution in [1.29, 1.82) is 0 Å². The van der Waals surface area contributed by atoms with Gasteiger partial charge in [-0.3, -0.25) is 0 Å². The SMILES string of the molecule is CC(C)(C)[C@@H]1OCC[C@H]1c1noc([C@@H]2C[C@H]2c2cnc[nH]2)n1. The van der Waals surface area contributed by atoms with Crippen molar-refractivity contribution in [3.8, 4) is 0 Å². The summed E-state index contributed by atoms with van der Waals surface area (Å²) in [5.41, 5.74) is 1.24. The lowest BCUT2D eigenvalue weighted by Crippen LogP contribution is -2.30. The van der Waals surface area contributed by atoms with Crippen LogP contribution in [-0.2, 0) is 4.74 Å². The van der Waals surface area contributed by atoms with Gasteiger partial charge in [-0.15, -0.1) is 0 Å². The lowest BCUT2D eigenvalue weighted by molar-refractivity contribution is 0.0193. The van der Waals surface area contributed by atoms with Crippen molar-refractivity contribution in [3.63, 3.8) is 0 Å². The average Bonchev–Trinajstić information content (AvgIpc) is 3.00. The number of H-pyrrole nitrogens is 1. The number of imidazole rings is 1. The maximum Gasteiger partial charge on any atom is 0.230 e. The van der Waals surface area contributed by atoms with Crippen molar-refractivity contribution >= 4 is 0 Å². The number of hydrogen-bond donors (Lipinski definition) is 1. The summed E-state index contributed by atoms with van der Waals surface area (Å²) < 4.78 is 11.5. The molecule has 118 valence electrons. The fraction of sp³-hybridized carbons (Fsp3) is 0.688. The van der Waals surface area contributed by atoms with Crippen molar-refractivity contribution in [2.24, 2.45) is 5.41 Å². The van der Waals surface area contributed by atoms with Gasteiger partial charge in [-0.05, 0) is 18.3 Å². The molecule has 0 aromatic carbocycles. The van der Waals surface area contributed by atoms with Crippen LogP contribution in [0.4, 0.5) is 0 Å². The van der Waals surface area contributed by atoms with Crippen molar-refractivity contribution in [1.82, 2.24) is 20.1 Å². The van der Waals surface area contributed by atoms with Crippen LogP contribution in [0.2, 0.25) is 0 Å². The zero-order valence-corrected chi connectivity index (χ0v) is 13.2. The van der Waals surface area contributed by atoms with Crippen LogP contribution in [0.25, 0.3) is 0 Å². The van der Waals surface area contributed by atoms with E-state index in [1.54, 1.807) is 6.33 Å². The Morgan fingerprint density at radius 1 is 1.23 bits per heavy atom. The Kier molecular flexibility index (Phi) is 3.11. The van der Waals surface area contributed by atoms with Gasteiger partial charge in [0.2, 0.25) is 5.89 Å². The molecule has 1 N–H and O–H groups in total. The van der Waals surface area contributed by atoms with Gasteiger partial charge in [-0.25, -0.2) is 4.98 Å².